The third kappa shape index (κ3) is 6.00. The van der Waals surface area contributed by atoms with Crippen molar-refractivity contribution in [2.75, 3.05) is 6.61 Å². The lowest BCUT2D eigenvalue weighted by Crippen LogP contribution is -2.32. The molecule has 1 fully saturated rings. The maximum Gasteiger partial charge on any atom is 0.239 e. The summed E-state index contributed by atoms with van der Waals surface area (Å²) >= 11 is 0. The molecule has 1 atom stereocenters. The fourth-order valence-corrected chi connectivity index (χ4v) is 3.64. The normalized spacial score (nSPS) is 18.1. The lowest BCUT2D eigenvalue weighted by atomic mass is 10.0. The third-order valence-electron chi connectivity index (χ3n) is 3.68. The molecule has 1 aromatic carbocycles. The maximum atomic E-state index is 12.0. The Morgan fingerprint density at radius 2 is 2.04 bits per heavy atom. The van der Waals surface area contributed by atoms with Gasteiger partial charge in [-0.3, -0.25) is 9.52 Å². The number of hydrogen-bond donors (Lipinski definition) is 1. The highest BCUT2D eigenvalue weighted by Crippen LogP contribution is 2.17. The van der Waals surface area contributed by atoms with Crippen LogP contribution in [0.5, 0.6) is 0 Å². The van der Waals surface area contributed by atoms with Crippen molar-refractivity contribution in [1.82, 2.24) is 4.72 Å². The average molecular weight is 336 g/mol. The van der Waals surface area contributed by atoms with Crippen LogP contribution < -0.4 is 4.72 Å². The highest BCUT2D eigenvalue weighted by Gasteiger charge is 2.19. The number of nitrogens with one attached hydrogen (secondary N) is 1. The molecule has 1 unspecified atom stereocenters. The van der Waals surface area contributed by atoms with E-state index < -0.39 is 15.9 Å². The Bertz CT molecular complexity index is 671. The molecule has 7 heteroatoms. The van der Waals surface area contributed by atoms with Gasteiger partial charge in [0.05, 0.1) is 23.5 Å². The molecule has 1 aliphatic heterocycles. The Hall–Kier alpha value is -1.91. The number of hydrogen-bond acceptors (Lipinski definition) is 5. The van der Waals surface area contributed by atoms with E-state index in [1.807, 2.05) is 6.07 Å². The molecular weight excluding hydrogens is 316 g/mol. The van der Waals surface area contributed by atoms with Crippen LogP contribution in [0.4, 0.5) is 0 Å². The van der Waals surface area contributed by atoms with E-state index >= 15 is 0 Å². The van der Waals surface area contributed by atoms with Gasteiger partial charge in [0.15, 0.2) is 0 Å². The predicted molar refractivity (Wildman–Crippen MR) is 84.7 cm³/mol. The van der Waals surface area contributed by atoms with Gasteiger partial charge in [-0.15, -0.1) is 0 Å². The first-order valence-electron chi connectivity index (χ1n) is 7.62. The van der Waals surface area contributed by atoms with Crippen LogP contribution >= 0.6 is 0 Å². The minimum atomic E-state index is -3.73. The maximum absolute atomic E-state index is 12.0. The van der Waals surface area contributed by atoms with Crippen molar-refractivity contribution in [3.8, 4) is 6.07 Å². The predicted octanol–water partition coefficient (Wildman–Crippen LogP) is 1.85. The van der Waals surface area contributed by atoms with Crippen LogP contribution in [0.3, 0.4) is 0 Å². The van der Waals surface area contributed by atoms with Crippen molar-refractivity contribution in [2.24, 2.45) is 0 Å². The van der Waals surface area contributed by atoms with Crippen molar-refractivity contribution in [1.29, 1.82) is 5.26 Å². The number of sulfonamides is 1. The summed E-state index contributed by atoms with van der Waals surface area (Å²) in [6, 6.07) is 8.20. The van der Waals surface area contributed by atoms with Crippen LogP contribution in [0.15, 0.2) is 24.3 Å². The number of nitriles is 1. The first-order chi connectivity index (χ1) is 11.0. The zero-order valence-corrected chi connectivity index (χ0v) is 13.6. The number of carbonyl (C=O) groups excluding carboxylic acids is 1. The van der Waals surface area contributed by atoms with E-state index in [0.29, 0.717) is 24.2 Å². The lowest BCUT2D eigenvalue weighted by molar-refractivity contribution is -0.120. The minimum absolute atomic E-state index is 0.0516. The number of benzene rings is 1. The number of nitrogens with zero attached hydrogens (tertiary/aromatic N) is 1. The monoisotopic (exact) mass is 336 g/mol. The van der Waals surface area contributed by atoms with E-state index in [1.54, 1.807) is 24.3 Å². The lowest BCUT2D eigenvalue weighted by Gasteiger charge is -2.22. The molecule has 2 rings (SSSR count). The highest BCUT2D eigenvalue weighted by atomic mass is 32.2. The molecule has 0 saturated carbocycles. The fourth-order valence-electron chi connectivity index (χ4n) is 2.48. The molecule has 0 aromatic heterocycles. The second-order valence-corrected chi connectivity index (χ2v) is 7.34. The summed E-state index contributed by atoms with van der Waals surface area (Å²) in [5, 5.41) is 8.71. The standard InChI is InChI=1S/C16H20N2O4S/c17-11-13-4-6-14(7-5-13)12-23(20,21)18-16(19)9-8-15-3-1-2-10-22-15/h4-7,15H,1-3,8-10,12H2,(H,18,19). The Kier molecular flexibility index (Phi) is 6.13. The van der Waals surface area contributed by atoms with Crippen LogP contribution in [0, 0.1) is 11.3 Å². The summed E-state index contributed by atoms with van der Waals surface area (Å²) in [6.07, 6.45) is 3.78. The van der Waals surface area contributed by atoms with Gasteiger partial charge in [0, 0.05) is 13.0 Å². The zero-order valence-electron chi connectivity index (χ0n) is 12.8. The van der Waals surface area contributed by atoms with E-state index in [2.05, 4.69) is 4.72 Å². The molecule has 124 valence electrons. The summed E-state index contributed by atoms with van der Waals surface area (Å²) in [5.74, 6) is -0.794. The Morgan fingerprint density at radius 3 is 2.65 bits per heavy atom. The van der Waals surface area contributed by atoms with Gasteiger partial charge >= 0.3 is 0 Å². The van der Waals surface area contributed by atoms with Gasteiger partial charge in [0.2, 0.25) is 15.9 Å². The van der Waals surface area contributed by atoms with Crippen LogP contribution in [0.25, 0.3) is 0 Å². The van der Waals surface area contributed by atoms with Gasteiger partial charge in [-0.05, 0) is 43.4 Å². The van der Waals surface area contributed by atoms with Gasteiger partial charge in [0.25, 0.3) is 0 Å². The molecule has 0 aliphatic carbocycles. The Balaban J connectivity index is 1.82. The van der Waals surface area contributed by atoms with Crippen molar-refractivity contribution >= 4 is 15.9 Å². The molecule has 1 aliphatic rings. The molecule has 1 aromatic rings. The van der Waals surface area contributed by atoms with Gasteiger partial charge < -0.3 is 4.74 Å². The SMILES string of the molecule is N#Cc1ccc(CS(=O)(=O)NC(=O)CCC2CCCCO2)cc1. The van der Waals surface area contributed by atoms with Crippen LogP contribution in [-0.4, -0.2) is 27.0 Å². The topological polar surface area (TPSA) is 96.3 Å². The molecule has 0 radical (unpaired) electrons. The smallest absolute Gasteiger partial charge is 0.239 e. The van der Waals surface area contributed by atoms with Crippen molar-refractivity contribution < 1.29 is 17.9 Å². The Morgan fingerprint density at radius 1 is 1.30 bits per heavy atom. The first-order valence-corrected chi connectivity index (χ1v) is 9.28. The quantitative estimate of drug-likeness (QED) is 0.855. The van der Waals surface area contributed by atoms with Crippen LogP contribution in [-0.2, 0) is 25.3 Å². The summed E-state index contributed by atoms with van der Waals surface area (Å²) < 4.78 is 31.6. The molecule has 6 nitrogen and oxygen atoms in total. The second-order valence-electron chi connectivity index (χ2n) is 5.62. The third-order valence-corrected chi connectivity index (χ3v) is 4.93. The molecule has 0 bridgehead atoms. The summed E-state index contributed by atoms with van der Waals surface area (Å²) in [6.45, 7) is 0.712. The molecule has 1 N–H and O–H groups in total. The second kappa shape index (κ2) is 8.09. The van der Waals surface area contributed by atoms with Gasteiger partial charge in [-0.2, -0.15) is 5.26 Å². The van der Waals surface area contributed by atoms with Gasteiger partial charge in [-0.25, -0.2) is 8.42 Å². The number of amides is 1. The van der Waals surface area contributed by atoms with Crippen LogP contribution in [0.2, 0.25) is 0 Å². The van der Waals surface area contributed by atoms with E-state index in [4.69, 9.17) is 10.00 Å². The van der Waals surface area contributed by atoms with E-state index in [0.717, 1.165) is 19.3 Å². The molecule has 1 saturated heterocycles. The zero-order chi connectivity index (χ0) is 16.7. The van der Waals surface area contributed by atoms with Gasteiger partial charge in [-0.1, -0.05) is 12.1 Å². The first kappa shape index (κ1) is 17.4. The molecule has 23 heavy (non-hydrogen) atoms. The highest BCUT2D eigenvalue weighted by molar-refractivity contribution is 7.89. The van der Waals surface area contributed by atoms with Crippen LogP contribution in [0.1, 0.15) is 43.2 Å². The van der Waals surface area contributed by atoms with E-state index in [-0.39, 0.29) is 18.3 Å². The summed E-state index contributed by atoms with van der Waals surface area (Å²) in [4.78, 5) is 11.8. The number of carbonyl (C=O) groups is 1. The molecule has 1 heterocycles. The van der Waals surface area contributed by atoms with Crippen molar-refractivity contribution in [2.45, 2.75) is 44.0 Å². The summed E-state index contributed by atoms with van der Waals surface area (Å²) in [5.41, 5.74) is 0.988. The van der Waals surface area contributed by atoms with Crippen molar-refractivity contribution in [3.63, 3.8) is 0 Å². The largest absolute Gasteiger partial charge is 0.378 e. The molecule has 0 spiro atoms. The van der Waals surface area contributed by atoms with Crippen molar-refractivity contribution in [3.05, 3.63) is 35.4 Å². The van der Waals surface area contributed by atoms with E-state index in [9.17, 15) is 13.2 Å². The Labute approximate surface area is 136 Å². The summed E-state index contributed by atoms with van der Waals surface area (Å²) in [7, 11) is -3.73. The van der Waals surface area contributed by atoms with Gasteiger partial charge in [0.1, 0.15) is 0 Å². The molecule has 1 amide bonds. The molecular formula is C16H20N2O4S. The minimum Gasteiger partial charge on any atom is -0.378 e. The number of ether oxygens (including phenoxy) is 1. The average Bonchev–Trinajstić information content (AvgIpc) is 2.54. The van der Waals surface area contributed by atoms with E-state index in [1.165, 1.54) is 0 Å². The fraction of sp³-hybridized carbons (Fsp3) is 0.500. The number of rotatable bonds is 6.